The number of alkyl carbamates (subject to hydrolysis) is 1. The van der Waals surface area contributed by atoms with Crippen molar-refractivity contribution in [3.05, 3.63) is 71.8 Å². The van der Waals surface area contributed by atoms with E-state index in [0.717, 1.165) is 12.0 Å². The fourth-order valence-corrected chi connectivity index (χ4v) is 4.78. The van der Waals surface area contributed by atoms with Gasteiger partial charge in [0.1, 0.15) is 12.6 Å². The number of aliphatic hydroxyl groups is 1. The van der Waals surface area contributed by atoms with Crippen molar-refractivity contribution in [1.29, 1.82) is 0 Å². The minimum Gasteiger partial charge on any atom is -0.445 e. The van der Waals surface area contributed by atoms with Crippen LogP contribution in [0.25, 0.3) is 0 Å². The van der Waals surface area contributed by atoms with Crippen LogP contribution in [0.4, 0.5) is 4.79 Å². The molecule has 226 valence electrons. The summed E-state index contributed by atoms with van der Waals surface area (Å²) in [5.74, 6) is -1.12. The summed E-state index contributed by atoms with van der Waals surface area (Å²) < 4.78 is 11.4. The molecule has 0 bridgehead atoms. The summed E-state index contributed by atoms with van der Waals surface area (Å²) in [6, 6.07) is 17.3. The first-order valence-corrected chi connectivity index (χ1v) is 17.1. The predicted octanol–water partition coefficient (Wildman–Crippen LogP) is 4.31. The lowest BCUT2D eigenvalue weighted by molar-refractivity contribution is -0.132. The Bertz CT molecular complexity index is 1090. The van der Waals surface area contributed by atoms with Gasteiger partial charge in [0.2, 0.25) is 5.91 Å². The molecule has 3 amide bonds. The number of nitrogens with one attached hydrogen (secondary N) is 3. The zero-order chi connectivity index (χ0) is 30.5. The highest BCUT2D eigenvalue weighted by atomic mass is 28.4. The maximum atomic E-state index is 13.0. The Hall–Kier alpha value is -3.21. The molecule has 0 aromatic heterocycles. The number of rotatable bonds is 15. The van der Waals surface area contributed by atoms with E-state index >= 15 is 0 Å². The fraction of sp³-hybridized carbons (Fsp3) is 0.516. The van der Waals surface area contributed by atoms with E-state index in [2.05, 4.69) is 49.8 Å². The second kappa shape index (κ2) is 16.3. The minimum atomic E-state index is -2.08. The lowest BCUT2D eigenvalue weighted by atomic mass is 10.1. The monoisotopic (exact) mass is 585 g/mol. The number of hydrogen-bond acceptors (Lipinski definition) is 6. The smallest absolute Gasteiger partial charge is 0.408 e. The first-order chi connectivity index (χ1) is 19.3. The van der Waals surface area contributed by atoms with Gasteiger partial charge in [-0.2, -0.15) is 0 Å². The molecule has 10 heteroatoms. The van der Waals surface area contributed by atoms with Crippen molar-refractivity contribution in [3.8, 4) is 0 Å². The molecule has 0 heterocycles. The average molecular weight is 586 g/mol. The quantitative estimate of drug-likeness (QED) is 0.182. The van der Waals surface area contributed by atoms with Crippen LogP contribution in [0.5, 0.6) is 0 Å². The van der Waals surface area contributed by atoms with E-state index in [1.54, 1.807) is 0 Å². The van der Waals surface area contributed by atoms with E-state index in [1.165, 1.54) is 12.5 Å². The van der Waals surface area contributed by atoms with Gasteiger partial charge in [0.05, 0.1) is 6.04 Å². The van der Waals surface area contributed by atoms with Crippen molar-refractivity contribution >= 4 is 26.2 Å². The lowest BCUT2D eigenvalue weighted by Crippen LogP contribution is -2.55. The van der Waals surface area contributed by atoms with Crippen molar-refractivity contribution in [1.82, 2.24) is 16.0 Å². The standard InChI is InChI=1S/C31H47N3O6Si/c1-23(33-30(38)39-22-25-16-11-8-12-17-25)28(36)34-26(19-21-40-41(5,6)31(2,3)4)27(35)29(37)32-20-13-18-24-14-9-7-10-15-24/h7-12,14-17,23,26-27,35H,13,18-22H2,1-6H3,(H,32,37)(H,33,38)(H,34,36)/t23-,26?,27?/m0/s1. The van der Waals surface area contributed by atoms with Crippen molar-refractivity contribution in [2.45, 2.75) is 89.9 Å². The van der Waals surface area contributed by atoms with Gasteiger partial charge < -0.3 is 30.2 Å². The number of ether oxygens (including phenoxy) is 1. The van der Waals surface area contributed by atoms with Crippen molar-refractivity contribution < 1.29 is 28.7 Å². The van der Waals surface area contributed by atoms with Crippen LogP contribution in [0.15, 0.2) is 60.7 Å². The molecule has 0 radical (unpaired) electrons. The molecule has 2 rings (SSSR count). The zero-order valence-corrected chi connectivity index (χ0v) is 26.2. The zero-order valence-electron chi connectivity index (χ0n) is 25.2. The van der Waals surface area contributed by atoms with Gasteiger partial charge in [-0.05, 0) is 55.4 Å². The highest BCUT2D eigenvalue weighted by molar-refractivity contribution is 6.74. The van der Waals surface area contributed by atoms with Crippen LogP contribution in [-0.4, -0.2) is 62.7 Å². The molecule has 0 aliphatic carbocycles. The van der Waals surface area contributed by atoms with Crippen LogP contribution in [0.2, 0.25) is 18.1 Å². The van der Waals surface area contributed by atoms with E-state index in [9.17, 15) is 19.5 Å². The van der Waals surface area contributed by atoms with Gasteiger partial charge in [0, 0.05) is 13.2 Å². The van der Waals surface area contributed by atoms with E-state index in [0.29, 0.717) is 13.0 Å². The molecule has 2 aromatic rings. The molecule has 0 aliphatic rings. The third-order valence-corrected chi connectivity index (χ3v) is 11.9. The van der Waals surface area contributed by atoms with Gasteiger partial charge in [0.25, 0.3) is 5.91 Å². The van der Waals surface area contributed by atoms with E-state index in [-0.39, 0.29) is 24.7 Å². The van der Waals surface area contributed by atoms with E-state index in [4.69, 9.17) is 9.16 Å². The second-order valence-electron chi connectivity index (χ2n) is 11.8. The molecule has 3 atom stereocenters. The summed E-state index contributed by atoms with van der Waals surface area (Å²) in [5.41, 5.74) is 1.98. The fourth-order valence-electron chi connectivity index (χ4n) is 3.72. The summed E-state index contributed by atoms with van der Waals surface area (Å²) in [6.45, 7) is 12.8. The molecule has 0 saturated heterocycles. The van der Waals surface area contributed by atoms with Crippen LogP contribution in [0, 0.1) is 0 Å². The summed E-state index contributed by atoms with van der Waals surface area (Å²) in [5, 5.41) is 18.9. The maximum absolute atomic E-state index is 13.0. The number of aliphatic hydroxyl groups excluding tert-OH is 1. The van der Waals surface area contributed by atoms with Gasteiger partial charge >= 0.3 is 6.09 Å². The molecule has 4 N–H and O–H groups in total. The third-order valence-electron chi connectivity index (χ3n) is 7.40. The Morgan fingerprint density at radius 2 is 1.49 bits per heavy atom. The van der Waals surface area contributed by atoms with E-state index < -0.39 is 44.4 Å². The molecule has 0 saturated carbocycles. The van der Waals surface area contributed by atoms with Gasteiger partial charge in [-0.25, -0.2) is 4.79 Å². The van der Waals surface area contributed by atoms with Crippen LogP contribution < -0.4 is 16.0 Å². The molecule has 0 spiro atoms. The van der Waals surface area contributed by atoms with Crippen molar-refractivity contribution in [3.63, 3.8) is 0 Å². The van der Waals surface area contributed by atoms with Crippen LogP contribution >= 0.6 is 0 Å². The van der Waals surface area contributed by atoms with Gasteiger partial charge in [-0.1, -0.05) is 81.4 Å². The first kappa shape index (κ1) is 34.0. The highest BCUT2D eigenvalue weighted by Crippen LogP contribution is 2.36. The van der Waals surface area contributed by atoms with Gasteiger partial charge in [-0.3, -0.25) is 9.59 Å². The van der Waals surface area contributed by atoms with Crippen LogP contribution in [0.3, 0.4) is 0 Å². The van der Waals surface area contributed by atoms with Crippen molar-refractivity contribution in [2.75, 3.05) is 13.2 Å². The highest BCUT2D eigenvalue weighted by Gasteiger charge is 2.38. The summed E-state index contributed by atoms with van der Waals surface area (Å²) >= 11 is 0. The second-order valence-corrected chi connectivity index (χ2v) is 16.6. The number of amides is 3. The number of benzene rings is 2. The maximum Gasteiger partial charge on any atom is 0.408 e. The van der Waals surface area contributed by atoms with Gasteiger partial charge in [0.15, 0.2) is 14.4 Å². The number of carbonyl (C=O) groups is 3. The lowest BCUT2D eigenvalue weighted by Gasteiger charge is -2.36. The van der Waals surface area contributed by atoms with Crippen molar-refractivity contribution in [2.24, 2.45) is 0 Å². The number of carbonyl (C=O) groups excluding carboxylic acids is 3. The molecule has 2 aromatic carbocycles. The molecule has 41 heavy (non-hydrogen) atoms. The van der Waals surface area contributed by atoms with E-state index in [1.807, 2.05) is 60.7 Å². The SMILES string of the molecule is C[C@H](NC(=O)OCc1ccccc1)C(=O)NC(CCO[Si](C)(C)C(C)(C)C)C(O)C(=O)NCCCc1ccccc1. The predicted molar refractivity (Wildman–Crippen MR) is 163 cm³/mol. The Kier molecular flexibility index (Phi) is 13.5. The molecule has 2 unspecified atom stereocenters. The Morgan fingerprint density at radius 1 is 0.902 bits per heavy atom. The molecular formula is C31H47N3O6Si. The first-order valence-electron chi connectivity index (χ1n) is 14.2. The Balaban J connectivity index is 1.95. The number of aryl methyl sites for hydroxylation is 1. The minimum absolute atomic E-state index is 0.0148. The summed E-state index contributed by atoms with van der Waals surface area (Å²) in [7, 11) is -2.08. The topological polar surface area (TPSA) is 126 Å². The van der Waals surface area contributed by atoms with Crippen LogP contribution in [-0.2, 0) is 31.8 Å². The summed E-state index contributed by atoms with van der Waals surface area (Å²) in [4.78, 5) is 38.0. The van der Waals surface area contributed by atoms with Gasteiger partial charge in [-0.15, -0.1) is 0 Å². The third kappa shape index (κ3) is 12.0. The Labute approximate surface area is 245 Å². The van der Waals surface area contributed by atoms with Crippen LogP contribution in [0.1, 0.15) is 51.7 Å². The molecule has 0 aliphatic heterocycles. The average Bonchev–Trinajstić information content (AvgIpc) is 2.93. The number of hydrogen-bond donors (Lipinski definition) is 4. The molecular weight excluding hydrogens is 538 g/mol. The molecule has 0 fully saturated rings. The Morgan fingerprint density at radius 3 is 2.07 bits per heavy atom. The largest absolute Gasteiger partial charge is 0.445 e. The molecule has 9 nitrogen and oxygen atoms in total. The summed E-state index contributed by atoms with van der Waals surface area (Å²) in [6.07, 6.45) is -0.509. The normalized spacial score (nSPS) is 13.9.